The maximum atomic E-state index is 13.6. The van der Waals surface area contributed by atoms with Gasteiger partial charge in [-0.2, -0.15) is 0 Å². The molecule has 0 fully saturated rings. The number of hydrogen-bond donors (Lipinski definition) is 0. The van der Waals surface area contributed by atoms with Crippen LogP contribution in [0, 0.1) is 0 Å². The Balaban J connectivity index is 1.55. The van der Waals surface area contributed by atoms with Crippen LogP contribution < -0.4 is 19.6 Å². The third kappa shape index (κ3) is 5.26. The maximum absolute atomic E-state index is 13.6. The molecule has 0 radical (unpaired) electrons. The summed E-state index contributed by atoms with van der Waals surface area (Å²) in [4.78, 5) is 32.9. The number of allylic oxidation sites excluding steroid dienone is 1. The Morgan fingerprint density at radius 2 is 1.89 bits per heavy atom. The number of esters is 1. The first-order valence-electron chi connectivity index (χ1n) is 11.7. The van der Waals surface area contributed by atoms with E-state index in [0.29, 0.717) is 33.0 Å². The quantitative estimate of drug-likeness (QED) is 0.248. The van der Waals surface area contributed by atoms with E-state index in [1.165, 1.54) is 17.4 Å². The molecule has 2 aromatic carbocycles. The number of fused-ring (bicyclic) bond motifs is 1. The summed E-state index contributed by atoms with van der Waals surface area (Å²) in [7, 11) is 0. The van der Waals surface area contributed by atoms with Crippen LogP contribution in [-0.4, -0.2) is 17.1 Å². The van der Waals surface area contributed by atoms with Gasteiger partial charge < -0.3 is 9.47 Å². The summed E-state index contributed by atoms with van der Waals surface area (Å²) in [5, 5.41) is 1.96. The van der Waals surface area contributed by atoms with Gasteiger partial charge in [-0.05, 0) is 47.7 Å². The second-order valence-corrected chi connectivity index (χ2v) is 10.3. The van der Waals surface area contributed by atoms with Crippen molar-refractivity contribution in [3.63, 3.8) is 0 Å². The number of carbonyl (C=O) groups excluding carboxylic acids is 1. The van der Waals surface area contributed by atoms with Crippen molar-refractivity contribution < 1.29 is 14.3 Å². The average Bonchev–Trinajstić information content (AvgIpc) is 3.54. The topological polar surface area (TPSA) is 69.9 Å². The lowest BCUT2D eigenvalue weighted by Gasteiger charge is -2.24. The highest BCUT2D eigenvalue weighted by atomic mass is 32.1. The summed E-state index contributed by atoms with van der Waals surface area (Å²) in [5.41, 5.74) is 2.47. The van der Waals surface area contributed by atoms with Crippen molar-refractivity contribution in [3.05, 3.63) is 132 Å². The van der Waals surface area contributed by atoms with Crippen LogP contribution in [-0.2, 0) is 16.1 Å². The lowest BCUT2D eigenvalue weighted by Crippen LogP contribution is -2.39. The summed E-state index contributed by atoms with van der Waals surface area (Å²) in [6.45, 7) is 5.90. The molecule has 186 valence electrons. The highest BCUT2D eigenvalue weighted by molar-refractivity contribution is 7.11. The first-order valence-corrected chi connectivity index (χ1v) is 13.4. The molecule has 0 spiro atoms. The second kappa shape index (κ2) is 10.9. The molecule has 3 heterocycles. The van der Waals surface area contributed by atoms with Gasteiger partial charge in [0.05, 0.1) is 21.8 Å². The third-order valence-electron chi connectivity index (χ3n) is 5.83. The monoisotopic (exact) mass is 528 g/mol. The van der Waals surface area contributed by atoms with Crippen molar-refractivity contribution in [2.45, 2.75) is 19.6 Å². The van der Waals surface area contributed by atoms with Gasteiger partial charge >= 0.3 is 5.97 Å². The van der Waals surface area contributed by atoms with Gasteiger partial charge in [-0.1, -0.05) is 72.5 Å². The van der Waals surface area contributed by atoms with E-state index in [1.807, 2.05) is 78.2 Å². The number of rotatable bonds is 8. The largest absolute Gasteiger partial charge is 0.489 e. The maximum Gasteiger partial charge on any atom is 0.338 e. The standard InChI is InChI=1S/C29H24N2O4S2/c1-3-15-34-28(33)25-19(2)30-29-31(27(32)24(37-29)17-23-10-7-16-36-23)26(25)21-11-13-22(14-12-21)35-18-20-8-5-4-6-9-20/h3-14,16-17,26H,1,15,18H2,2H3. The molecule has 0 saturated heterocycles. The molecule has 0 amide bonds. The number of ether oxygens (including phenoxy) is 2. The lowest BCUT2D eigenvalue weighted by molar-refractivity contribution is -0.138. The Labute approximate surface area is 221 Å². The fourth-order valence-corrected chi connectivity index (χ4v) is 5.87. The predicted molar refractivity (Wildman–Crippen MR) is 146 cm³/mol. The molecular formula is C29H24N2O4S2. The molecule has 0 N–H and O–H groups in total. The van der Waals surface area contributed by atoms with E-state index in [1.54, 1.807) is 22.8 Å². The van der Waals surface area contributed by atoms with Crippen LogP contribution in [0.3, 0.4) is 0 Å². The summed E-state index contributed by atoms with van der Waals surface area (Å²) in [6.07, 6.45) is 3.37. The van der Waals surface area contributed by atoms with E-state index < -0.39 is 12.0 Å². The van der Waals surface area contributed by atoms with Crippen molar-refractivity contribution in [2.75, 3.05) is 6.61 Å². The summed E-state index contributed by atoms with van der Waals surface area (Å²) in [6, 6.07) is 20.6. The molecule has 4 aromatic rings. The minimum absolute atomic E-state index is 0.0669. The lowest BCUT2D eigenvalue weighted by atomic mass is 9.96. The molecule has 2 aromatic heterocycles. The fraction of sp³-hybridized carbons (Fsp3) is 0.138. The minimum atomic E-state index is -0.678. The molecule has 0 bridgehead atoms. The number of aromatic nitrogens is 1. The van der Waals surface area contributed by atoms with Gasteiger partial charge in [0.1, 0.15) is 19.0 Å². The number of thiophene rings is 1. The average molecular weight is 529 g/mol. The fourth-order valence-electron chi connectivity index (χ4n) is 4.10. The van der Waals surface area contributed by atoms with Crippen LogP contribution in [0.1, 0.15) is 29.0 Å². The second-order valence-electron chi connectivity index (χ2n) is 8.33. The Morgan fingerprint density at radius 3 is 2.59 bits per heavy atom. The Morgan fingerprint density at radius 1 is 1.11 bits per heavy atom. The van der Waals surface area contributed by atoms with Gasteiger partial charge in [-0.15, -0.1) is 11.3 Å². The summed E-state index contributed by atoms with van der Waals surface area (Å²) >= 11 is 2.86. The predicted octanol–water partition coefficient (Wildman–Crippen LogP) is 4.60. The highest BCUT2D eigenvalue weighted by Crippen LogP contribution is 2.31. The van der Waals surface area contributed by atoms with Crippen molar-refractivity contribution in [3.8, 4) is 5.75 Å². The third-order valence-corrected chi connectivity index (χ3v) is 7.64. The molecule has 8 heteroatoms. The van der Waals surface area contributed by atoms with Crippen LogP contribution in [0.5, 0.6) is 5.75 Å². The van der Waals surface area contributed by atoms with Gasteiger partial charge in [0.15, 0.2) is 4.80 Å². The zero-order chi connectivity index (χ0) is 25.8. The van der Waals surface area contributed by atoms with Crippen LogP contribution in [0.15, 0.2) is 106 Å². The number of nitrogens with zero attached hydrogens (tertiary/aromatic N) is 2. The van der Waals surface area contributed by atoms with Gasteiger partial charge in [0.2, 0.25) is 0 Å². The van der Waals surface area contributed by atoms with E-state index in [9.17, 15) is 9.59 Å². The normalized spacial score (nSPS) is 15.2. The van der Waals surface area contributed by atoms with E-state index in [2.05, 4.69) is 11.6 Å². The minimum Gasteiger partial charge on any atom is -0.489 e. The summed E-state index contributed by atoms with van der Waals surface area (Å²) < 4.78 is 13.5. The molecule has 0 aliphatic carbocycles. The Kier molecular flexibility index (Phi) is 7.30. The highest BCUT2D eigenvalue weighted by Gasteiger charge is 2.33. The molecule has 1 aliphatic heterocycles. The number of carbonyl (C=O) groups is 1. The molecule has 6 nitrogen and oxygen atoms in total. The van der Waals surface area contributed by atoms with Gasteiger partial charge in [0, 0.05) is 4.88 Å². The number of thiazole rings is 1. The van der Waals surface area contributed by atoms with Gasteiger partial charge in [-0.25, -0.2) is 9.79 Å². The molecule has 1 atom stereocenters. The number of hydrogen-bond acceptors (Lipinski definition) is 7. The van der Waals surface area contributed by atoms with Crippen molar-refractivity contribution in [2.24, 2.45) is 4.99 Å². The van der Waals surface area contributed by atoms with E-state index >= 15 is 0 Å². The number of benzene rings is 2. The molecular weight excluding hydrogens is 504 g/mol. The zero-order valence-corrected chi connectivity index (χ0v) is 21.8. The molecule has 5 rings (SSSR count). The zero-order valence-electron chi connectivity index (χ0n) is 20.1. The SMILES string of the molecule is C=CCOC(=O)C1=C(C)N=c2sc(=Cc3cccs3)c(=O)n2C1c1ccc(OCc2ccccc2)cc1. The van der Waals surface area contributed by atoms with Gasteiger partial charge in [0.25, 0.3) is 5.56 Å². The van der Waals surface area contributed by atoms with Crippen molar-refractivity contribution in [1.82, 2.24) is 4.57 Å². The summed E-state index contributed by atoms with van der Waals surface area (Å²) in [5.74, 6) is 0.164. The first kappa shape index (κ1) is 24.7. The molecule has 37 heavy (non-hydrogen) atoms. The van der Waals surface area contributed by atoms with Crippen LogP contribution in [0.25, 0.3) is 6.08 Å². The van der Waals surface area contributed by atoms with E-state index in [-0.39, 0.29) is 12.2 Å². The Hall–Kier alpha value is -4.01. The van der Waals surface area contributed by atoms with Crippen LogP contribution >= 0.6 is 22.7 Å². The van der Waals surface area contributed by atoms with Gasteiger partial charge in [-0.3, -0.25) is 9.36 Å². The molecule has 1 unspecified atom stereocenters. The Bertz CT molecular complexity index is 1630. The van der Waals surface area contributed by atoms with Crippen molar-refractivity contribution in [1.29, 1.82) is 0 Å². The molecule has 0 saturated carbocycles. The smallest absolute Gasteiger partial charge is 0.338 e. The van der Waals surface area contributed by atoms with Crippen LogP contribution in [0.4, 0.5) is 0 Å². The molecule has 1 aliphatic rings. The van der Waals surface area contributed by atoms with E-state index in [0.717, 1.165) is 16.0 Å². The van der Waals surface area contributed by atoms with Crippen LogP contribution in [0.2, 0.25) is 0 Å². The van der Waals surface area contributed by atoms with Crippen molar-refractivity contribution >= 4 is 34.7 Å². The van der Waals surface area contributed by atoms with E-state index in [4.69, 9.17) is 9.47 Å². The first-order chi connectivity index (χ1) is 18.0.